The summed E-state index contributed by atoms with van der Waals surface area (Å²) in [7, 11) is 3.98. The molecule has 0 saturated heterocycles. The van der Waals surface area contributed by atoms with Crippen LogP contribution >= 0.6 is 0 Å². The van der Waals surface area contributed by atoms with Gasteiger partial charge in [-0.25, -0.2) is 14.2 Å². The summed E-state index contributed by atoms with van der Waals surface area (Å²) in [4.78, 5) is 19.5. The second-order valence-electron chi connectivity index (χ2n) is 7.43. The third-order valence-electron chi connectivity index (χ3n) is 5.04. The number of anilines is 1. The number of fused-ring (bicyclic) bond motifs is 1. The number of hydrazine groups is 1. The van der Waals surface area contributed by atoms with Gasteiger partial charge in [0.1, 0.15) is 23.5 Å². The fourth-order valence-electron chi connectivity index (χ4n) is 3.49. The van der Waals surface area contributed by atoms with Crippen molar-refractivity contribution in [1.82, 2.24) is 19.9 Å². The van der Waals surface area contributed by atoms with Gasteiger partial charge in [0.15, 0.2) is 0 Å². The summed E-state index contributed by atoms with van der Waals surface area (Å²) in [6.07, 6.45) is 3.05. The number of nitrogens with zero attached hydrogens (tertiary/aromatic N) is 3. The van der Waals surface area contributed by atoms with Gasteiger partial charge in [0.25, 0.3) is 5.56 Å². The van der Waals surface area contributed by atoms with E-state index in [2.05, 4.69) is 20.7 Å². The predicted octanol–water partition coefficient (Wildman–Crippen LogP) is 2.17. The number of para-hydroxylation sites is 1. The minimum absolute atomic E-state index is 0.190. The summed E-state index contributed by atoms with van der Waals surface area (Å²) < 4.78 is 29.9. The highest BCUT2D eigenvalue weighted by atomic mass is 19.1. The summed E-state index contributed by atoms with van der Waals surface area (Å²) in [6, 6.07) is 7.27. The van der Waals surface area contributed by atoms with Crippen molar-refractivity contribution in [3.05, 3.63) is 75.8 Å². The van der Waals surface area contributed by atoms with Crippen LogP contribution in [0.5, 0.6) is 0 Å². The monoisotopic (exact) mass is 412 g/mol. The molecule has 2 aromatic heterocycles. The Morgan fingerprint density at radius 3 is 2.67 bits per heavy atom. The van der Waals surface area contributed by atoms with E-state index in [1.165, 1.54) is 12.3 Å². The Morgan fingerprint density at radius 1 is 1.23 bits per heavy atom. The van der Waals surface area contributed by atoms with Gasteiger partial charge in [0.2, 0.25) is 0 Å². The number of hydrogen-bond acceptors (Lipinski definition) is 6. The normalized spacial score (nSPS) is 15.3. The second kappa shape index (κ2) is 7.94. The minimum Gasteiger partial charge on any atom is -0.318 e. The van der Waals surface area contributed by atoms with Gasteiger partial charge in [-0.05, 0) is 50.3 Å². The third kappa shape index (κ3) is 3.58. The molecular formula is C21H22F2N6O. The number of rotatable bonds is 5. The predicted molar refractivity (Wildman–Crippen MR) is 111 cm³/mol. The average Bonchev–Trinajstić information content (AvgIpc) is 3.10. The van der Waals surface area contributed by atoms with E-state index in [0.29, 0.717) is 16.9 Å². The van der Waals surface area contributed by atoms with Gasteiger partial charge in [0.05, 0.1) is 16.9 Å². The van der Waals surface area contributed by atoms with Crippen LogP contribution in [0.2, 0.25) is 0 Å². The lowest BCUT2D eigenvalue weighted by molar-refractivity contribution is 0.413. The first-order valence-electron chi connectivity index (χ1n) is 9.48. The maximum Gasteiger partial charge on any atom is 0.263 e. The summed E-state index contributed by atoms with van der Waals surface area (Å²) in [6.45, 7) is 0.853. The topological polar surface area (TPSA) is 88.2 Å². The van der Waals surface area contributed by atoms with Gasteiger partial charge in [-0.2, -0.15) is 0 Å². The number of halogens is 2. The van der Waals surface area contributed by atoms with Crippen molar-refractivity contribution in [2.24, 2.45) is 5.73 Å². The zero-order valence-electron chi connectivity index (χ0n) is 16.6. The van der Waals surface area contributed by atoms with Crippen molar-refractivity contribution in [2.75, 3.05) is 26.1 Å². The van der Waals surface area contributed by atoms with Crippen molar-refractivity contribution >= 4 is 5.69 Å². The molecule has 7 nitrogen and oxygen atoms in total. The first kappa shape index (κ1) is 20.1. The highest BCUT2D eigenvalue weighted by Gasteiger charge is 2.29. The van der Waals surface area contributed by atoms with E-state index >= 15 is 0 Å². The first-order valence-corrected chi connectivity index (χ1v) is 9.48. The van der Waals surface area contributed by atoms with Gasteiger partial charge in [-0.15, -0.1) is 0 Å². The van der Waals surface area contributed by atoms with Crippen molar-refractivity contribution in [1.29, 1.82) is 0 Å². The number of pyridine rings is 2. The molecule has 4 rings (SSSR count). The third-order valence-corrected chi connectivity index (χ3v) is 5.04. The van der Waals surface area contributed by atoms with Crippen LogP contribution < -0.4 is 22.1 Å². The molecule has 0 saturated carbocycles. The maximum absolute atomic E-state index is 14.5. The second-order valence-corrected chi connectivity index (χ2v) is 7.43. The SMILES string of the molecule is CN(C)CCc1ccnc(-c2cn(-c3c(F)cccc3F)c(=O)c3c2NNC3N)c1. The number of nitrogens with one attached hydrogen (secondary N) is 2. The van der Waals surface area contributed by atoms with Gasteiger partial charge in [0, 0.05) is 24.5 Å². The molecule has 9 heteroatoms. The molecule has 0 spiro atoms. The van der Waals surface area contributed by atoms with E-state index in [9.17, 15) is 13.6 Å². The van der Waals surface area contributed by atoms with Crippen molar-refractivity contribution in [3.63, 3.8) is 0 Å². The first-order chi connectivity index (χ1) is 14.4. The number of aromatic nitrogens is 2. The molecule has 1 aliphatic heterocycles. The van der Waals surface area contributed by atoms with Crippen LogP contribution in [0.1, 0.15) is 17.3 Å². The lowest BCUT2D eigenvalue weighted by Gasteiger charge is -2.15. The van der Waals surface area contributed by atoms with E-state index in [1.54, 1.807) is 6.20 Å². The van der Waals surface area contributed by atoms with Crippen LogP contribution in [-0.4, -0.2) is 35.1 Å². The summed E-state index contributed by atoms with van der Waals surface area (Å²) in [5, 5.41) is 0. The molecule has 3 aromatic rings. The molecule has 3 heterocycles. The Bertz CT molecular complexity index is 1140. The van der Waals surface area contributed by atoms with Crippen LogP contribution in [0.4, 0.5) is 14.5 Å². The van der Waals surface area contributed by atoms with E-state index < -0.39 is 29.0 Å². The Morgan fingerprint density at radius 2 is 1.97 bits per heavy atom. The Balaban J connectivity index is 1.92. The zero-order valence-corrected chi connectivity index (χ0v) is 16.6. The molecule has 1 unspecified atom stereocenters. The standard InChI is InChI=1S/C21H22F2N6O/c1-28(2)9-7-12-6-8-25-16(10-12)13-11-29(19-14(22)4-3-5-15(19)23)21(30)17-18(13)26-27-20(17)24/h3-6,8,10-11,20,26-27H,7,9,24H2,1-2H3. The van der Waals surface area contributed by atoms with Crippen molar-refractivity contribution < 1.29 is 8.78 Å². The van der Waals surface area contributed by atoms with Crippen LogP contribution in [0, 0.1) is 11.6 Å². The molecule has 0 bridgehead atoms. The molecule has 4 N–H and O–H groups in total. The number of likely N-dealkylation sites (N-methyl/N-ethyl adjacent to an activating group) is 1. The fraction of sp³-hybridized carbons (Fsp3) is 0.238. The van der Waals surface area contributed by atoms with Crippen LogP contribution in [0.15, 0.2) is 47.5 Å². The summed E-state index contributed by atoms with van der Waals surface area (Å²) >= 11 is 0. The molecule has 0 fully saturated rings. The fourth-order valence-corrected chi connectivity index (χ4v) is 3.49. The highest BCUT2D eigenvalue weighted by Crippen LogP contribution is 2.34. The number of hydrogen-bond donors (Lipinski definition) is 3. The van der Waals surface area contributed by atoms with E-state index in [1.807, 2.05) is 26.2 Å². The Kier molecular flexibility index (Phi) is 5.33. The molecule has 30 heavy (non-hydrogen) atoms. The molecule has 0 amide bonds. The maximum atomic E-state index is 14.5. The molecule has 1 aliphatic rings. The lowest BCUT2D eigenvalue weighted by Crippen LogP contribution is -2.31. The molecule has 0 radical (unpaired) electrons. The Labute approximate surface area is 172 Å². The smallest absolute Gasteiger partial charge is 0.263 e. The van der Waals surface area contributed by atoms with Crippen molar-refractivity contribution in [3.8, 4) is 16.9 Å². The van der Waals surface area contributed by atoms with Crippen LogP contribution in [-0.2, 0) is 6.42 Å². The molecular weight excluding hydrogens is 390 g/mol. The van der Waals surface area contributed by atoms with Crippen LogP contribution in [0.3, 0.4) is 0 Å². The molecule has 1 aromatic carbocycles. The summed E-state index contributed by atoms with van der Waals surface area (Å²) in [5.74, 6) is -1.69. The molecule has 156 valence electrons. The van der Waals surface area contributed by atoms with Gasteiger partial charge in [-0.1, -0.05) is 6.07 Å². The molecule has 1 atom stereocenters. The van der Waals surface area contributed by atoms with Crippen molar-refractivity contribution in [2.45, 2.75) is 12.6 Å². The Hall–Kier alpha value is -3.14. The van der Waals surface area contributed by atoms with Gasteiger partial charge < -0.3 is 16.1 Å². The van der Waals surface area contributed by atoms with Gasteiger partial charge in [-0.3, -0.25) is 14.3 Å². The van der Waals surface area contributed by atoms with Crippen LogP contribution in [0.25, 0.3) is 16.9 Å². The van der Waals surface area contributed by atoms with E-state index in [4.69, 9.17) is 5.73 Å². The number of benzene rings is 1. The lowest BCUT2D eigenvalue weighted by atomic mass is 10.0. The number of nitrogens with two attached hydrogens (primary N) is 1. The molecule has 0 aliphatic carbocycles. The van der Waals surface area contributed by atoms with E-state index in [0.717, 1.165) is 35.2 Å². The minimum atomic E-state index is -0.844. The highest BCUT2D eigenvalue weighted by molar-refractivity contribution is 5.79. The van der Waals surface area contributed by atoms with E-state index in [-0.39, 0.29) is 5.56 Å². The average molecular weight is 412 g/mol. The zero-order chi connectivity index (χ0) is 21.4. The quantitative estimate of drug-likeness (QED) is 0.595. The summed E-state index contributed by atoms with van der Waals surface area (Å²) in [5.41, 5.74) is 13.5. The van der Waals surface area contributed by atoms with Gasteiger partial charge >= 0.3 is 0 Å². The largest absolute Gasteiger partial charge is 0.318 e.